The number of aryl methyl sites for hydroxylation is 1. The number of benzene rings is 1. The van der Waals surface area contributed by atoms with E-state index in [-0.39, 0.29) is 0 Å². The lowest BCUT2D eigenvalue weighted by Crippen LogP contribution is -2.37. The Labute approximate surface area is 186 Å². The molecule has 32 heavy (non-hydrogen) atoms. The lowest BCUT2D eigenvalue weighted by molar-refractivity contribution is 0.122. The molecular weight excluding hydrogens is 404 g/mol. The van der Waals surface area contributed by atoms with Crippen LogP contribution in [0.5, 0.6) is 0 Å². The molecule has 0 radical (unpaired) electrons. The highest BCUT2D eigenvalue weighted by atomic mass is 16.5. The second-order valence-corrected chi connectivity index (χ2v) is 8.00. The average Bonchev–Trinajstić information content (AvgIpc) is 3.48. The highest BCUT2D eigenvalue weighted by Gasteiger charge is 2.21. The molecule has 164 valence electrons. The first-order valence-corrected chi connectivity index (χ1v) is 10.7. The molecule has 1 aliphatic rings. The van der Waals surface area contributed by atoms with Crippen molar-refractivity contribution in [3.05, 3.63) is 66.3 Å². The lowest BCUT2D eigenvalue weighted by Gasteiger charge is -2.28. The maximum atomic E-state index is 5.54. The summed E-state index contributed by atoms with van der Waals surface area (Å²) in [4.78, 5) is 11.9. The van der Waals surface area contributed by atoms with E-state index in [9.17, 15) is 0 Å². The quantitative estimate of drug-likeness (QED) is 0.491. The molecule has 1 N–H and O–H groups in total. The molecule has 0 spiro atoms. The first-order valence-electron chi connectivity index (χ1n) is 10.7. The average molecular weight is 431 g/mol. The number of rotatable bonds is 6. The van der Waals surface area contributed by atoms with Crippen molar-refractivity contribution < 1.29 is 9.15 Å². The zero-order chi connectivity index (χ0) is 22.1. The van der Waals surface area contributed by atoms with Crippen LogP contribution in [0, 0.1) is 6.92 Å². The minimum Gasteiger partial charge on any atom is -0.467 e. The summed E-state index contributed by atoms with van der Waals surface area (Å²) in [6.07, 6.45) is 3.50. The minimum atomic E-state index is 0.497. The number of allylic oxidation sites excluding steroid dienone is 1. The van der Waals surface area contributed by atoms with Crippen molar-refractivity contribution in [2.45, 2.75) is 20.4 Å². The zero-order valence-electron chi connectivity index (χ0n) is 18.3. The number of aromatic nitrogens is 4. The fraction of sp³-hybridized carbons (Fsp3) is 0.292. The van der Waals surface area contributed by atoms with Gasteiger partial charge in [-0.25, -0.2) is 4.68 Å². The van der Waals surface area contributed by atoms with Gasteiger partial charge >= 0.3 is 0 Å². The van der Waals surface area contributed by atoms with E-state index in [1.807, 2.05) is 29.9 Å². The SMILES string of the molecule is C=C(C)c1cc(C)ccc1-n1ncc2c(N3CCOCC3)nc(NCc3ccco3)nc21. The van der Waals surface area contributed by atoms with Crippen LogP contribution in [0.1, 0.15) is 23.8 Å². The van der Waals surface area contributed by atoms with E-state index in [0.717, 1.165) is 52.5 Å². The van der Waals surface area contributed by atoms with Crippen molar-refractivity contribution in [2.24, 2.45) is 0 Å². The summed E-state index contributed by atoms with van der Waals surface area (Å²) in [6.45, 7) is 11.6. The van der Waals surface area contributed by atoms with Crippen molar-refractivity contribution in [3.8, 4) is 5.69 Å². The van der Waals surface area contributed by atoms with Gasteiger partial charge in [0.25, 0.3) is 0 Å². The van der Waals surface area contributed by atoms with Gasteiger partial charge in [0.05, 0.1) is 43.3 Å². The molecule has 8 heteroatoms. The van der Waals surface area contributed by atoms with E-state index in [0.29, 0.717) is 25.7 Å². The van der Waals surface area contributed by atoms with E-state index in [1.165, 1.54) is 5.56 Å². The van der Waals surface area contributed by atoms with E-state index in [2.05, 4.69) is 41.9 Å². The van der Waals surface area contributed by atoms with Gasteiger partial charge < -0.3 is 19.4 Å². The van der Waals surface area contributed by atoms with Crippen LogP contribution in [-0.2, 0) is 11.3 Å². The number of nitrogens with zero attached hydrogens (tertiary/aromatic N) is 5. The van der Waals surface area contributed by atoms with Gasteiger partial charge in [-0.1, -0.05) is 18.2 Å². The number of hydrogen-bond donors (Lipinski definition) is 1. The van der Waals surface area contributed by atoms with Gasteiger partial charge in [-0.2, -0.15) is 15.1 Å². The smallest absolute Gasteiger partial charge is 0.227 e. The number of furan rings is 1. The normalized spacial score (nSPS) is 14.1. The zero-order valence-corrected chi connectivity index (χ0v) is 18.3. The molecule has 4 aromatic rings. The fourth-order valence-corrected chi connectivity index (χ4v) is 3.92. The molecule has 0 atom stereocenters. The number of nitrogens with one attached hydrogen (secondary N) is 1. The van der Waals surface area contributed by atoms with Crippen molar-refractivity contribution in [1.82, 2.24) is 19.7 Å². The van der Waals surface area contributed by atoms with E-state index in [4.69, 9.17) is 24.2 Å². The lowest BCUT2D eigenvalue weighted by atomic mass is 10.0. The van der Waals surface area contributed by atoms with Crippen LogP contribution in [0.15, 0.2) is 53.8 Å². The predicted octanol–water partition coefficient (Wildman–Crippen LogP) is 4.20. The molecule has 1 aromatic carbocycles. The van der Waals surface area contributed by atoms with Crippen molar-refractivity contribution in [1.29, 1.82) is 0 Å². The third-order valence-corrected chi connectivity index (χ3v) is 5.56. The second kappa shape index (κ2) is 8.47. The minimum absolute atomic E-state index is 0.497. The summed E-state index contributed by atoms with van der Waals surface area (Å²) in [5.41, 5.74) is 4.89. The van der Waals surface area contributed by atoms with Gasteiger partial charge in [-0.3, -0.25) is 0 Å². The van der Waals surface area contributed by atoms with E-state index < -0.39 is 0 Å². The Morgan fingerprint density at radius 1 is 1.19 bits per heavy atom. The fourth-order valence-electron chi connectivity index (χ4n) is 3.92. The Kier molecular flexibility index (Phi) is 5.36. The topological polar surface area (TPSA) is 81.2 Å². The first kappa shape index (κ1) is 20.3. The van der Waals surface area contributed by atoms with Crippen LogP contribution in [-0.4, -0.2) is 46.1 Å². The molecule has 4 heterocycles. The van der Waals surface area contributed by atoms with Crippen LogP contribution in [0.4, 0.5) is 11.8 Å². The van der Waals surface area contributed by atoms with E-state index >= 15 is 0 Å². The largest absolute Gasteiger partial charge is 0.467 e. The van der Waals surface area contributed by atoms with Crippen LogP contribution >= 0.6 is 0 Å². The molecular formula is C24H26N6O2. The van der Waals surface area contributed by atoms with Gasteiger partial charge in [0.15, 0.2) is 5.65 Å². The number of fused-ring (bicyclic) bond motifs is 1. The summed E-state index contributed by atoms with van der Waals surface area (Å²) >= 11 is 0. The van der Waals surface area contributed by atoms with Gasteiger partial charge in [0.2, 0.25) is 5.95 Å². The Morgan fingerprint density at radius 3 is 2.78 bits per heavy atom. The highest BCUT2D eigenvalue weighted by Crippen LogP contribution is 2.30. The predicted molar refractivity (Wildman–Crippen MR) is 125 cm³/mol. The van der Waals surface area contributed by atoms with Gasteiger partial charge in [-0.05, 0) is 43.7 Å². The molecule has 1 saturated heterocycles. The summed E-state index contributed by atoms with van der Waals surface area (Å²) in [7, 11) is 0. The molecule has 0 aliphatic carbocycles. The number of morpholine rings is 1. The highest BCUT2D eigenvalue weighted by molar-refractivity contribution is 5.89. The number of ether oxygens (including phenoxy) is 1. The molecule has 0 saturated carbocycles. The number of hydrogen-bond acceptors (Lipinski definition) is 7. The molecule has 8 nitrogen and oxygen atoms in total. The maximum Gasteiger partial charge on any atom is 0.227 e. The van der Waals surface area contributed by atoms with Crippen molar-refractivity contribution in [2.75, 3.05) is 36.5 Å². The Balaban J connectivity index is 1.63. The summed E-state index contributed by atoms with van der Waals surface area (Å²) < 4.78 is 12.9. The standard InChI is InChI=1S/C24H26N6O2/c1-16(2)19-13-17(3)6-7-21(19)30-23-20(15-26-30)22(29-8-11-31-12-9-29)27-24(28-23)25-14-18-5-4-10-32-18/h4-7,10,13,15H,1,8-9,11-12,14H2,2-3H3,(H,25,27,28). The Hall–Kier alpha value is -3.65. The van der Waals surface area contributed by atoms with E-state index in [1.54, 1.807) is 6.26 Å². The third kappa shape index (κ3) is 3.85. The molecule has 1 aliphatic heterocycles. The van der Waals surface area contributed by atoms with Crippen LogP contribution in [0.2, 0.25) is 0 Å². The maximum absolute atomic E-state index is 5.54. The monoisotopic (exact) mass is 430 g/mol. The Morgan fingerprint density at radius 2 is 2.03 bits per heavy atom. The first-order chi connectivity index (χ1) is 15.6. The molecule has 3 aromatic heterocycles. The second-order valence-electron chi connectivity index (χ2n) is 8.00. The molecule has 1 fully saturated rings. The summed E-state index contributed by atoms with van der Waals surface area (Å²) in [5.74, 6) is 2.20. The Bertz CT molecular complexity index is 1260. The summed E-state index contributed by atoms with van der Waals surface area (Å²) in [5, 5.41) is 8.92. The summed E-state index contributed by atoms with van der Waals surface area (Å²) in [6, 6.07) is 10.1. The van der Waals surface area contributed by atoms with Gasteiger partial charge in [0.1, 0.15) is 11.6 Å². The molecule has 0 bridgehead atoms. The van der Waals surface area contributed by atoms with Crippen LogP contribution < -0.4 is 10.2 Å². The van der Waals surface area contributed by atoms with Crippen molar-refractivity contribution in [3.63, 3.8) is 0 Å². The van der Waals surface area contributed by atoms with Crippen LogP contribution in [0.3, 0.4) is 0 Å². The van der Waals surface area contributed by atoms with Crippen molar-refractivity contribution >= 4 is 28.4 Å². The van der Waals surface area contributed by atoms with Gasteiger partial charge in [-0.15, -0.1) is 0 Å². The van der Waals surface area contributed by atoms with Crippen LogP contribution in [0.25, 0.3) is 22.3 Å². The molecule has 5 rings (SSSR count). The third-order valence-electron chi connectivity index (χ3n) is 5.56. The molecule has 0 unspecified atom stereocenters. The molecule has 0 amide bonds. The van der Waals surface area contributed by atoms with Gasteiger partial charge in [0, 0.05) is 18.7 Å². The number of anilines is 2.